The summed E-state index contributed by atoms with van der Waals surface area (Å²) in [6.07, 6.45) is 0.330. The van der Waals surface area contributed by atoms with Gasteiger partial charge in [-0.2, -0.15) is 0 Å². The van der Waals surface area contributed by atoms with Gasteiger partial charge in [0.25, 0.3) is 0 Å². The highest BCUT2D eigenvalue weighted by molar-refractivity contribution is 5.94. The summed E-state index contributed by atoms with van der Waals surface area (Å²) in [5.41, 5.74) is 0.542. The molecule has 0 saturated carbocycles. The number of ether oxygens (including phenoxy) is 2. The number of hydrogen-bond acceptors (Lipinski definition) is 5. The lowest BCUT2D eigenvalue weighted by atomic mass is 10.2. The van der Waals surface area contributed by atoms with Crippen molar-refractivity contribution in [2.45, 2.75) is 6.42 Å². The molecular weight excluding hydrogens is 274 g/mol. The first-order valence-corrected chi connectivity index (χ1v) is 6.53. The largest absolute Gasteiger partial charge is 0.497 e. The van der Waals surface area contributed by atoms with Gasteiger partial charge in [0.15, 0.2) is 0 Å². The lowest BCUT2D eigenvalue weighted by Crippen LogP contribution is -2.34. The van der Waals surface area contributed by atoms with E-state index in [1.54, 1.807) is 25.2 Å². The van der Waals surface area contributed by atoms with E-state index in [0.717, 1.165) is 0 Å². The topological polar surface area (TPSA) is 88.7 Å². The van der Waals surface area contributed by atoms with Crippen LogP contribution >= 0.6 is 0 Å². The van der Waals surface area contributed by atoms with E-state index in [9.17, 15) is 9.59 Å². The zero-order chi connectivity index (χ0) is 15.7. The van der Waals surface area contributed by atoms with Crippen LogP contribution in [0.25, 0.3) is 0 Å². The van der Waals surface area contributed by atoms with Crippen LogP contribution in [-0.2, 0) is 9.59 Å². The number of benzene rings is 1. The van der Waals surface area contributed by atoms with Gasteiger partial charge in [-0.1, -0.05) is 0 Å². The number of amides is 2. The number of rotatable bonds is 8. The average molecular weight is 295 g/mol. The predicted octanol–water partition coefficient (Wildman–Crippen LogP) is 0.368. The fraction of sp³-hybridized carbons (Fsp3) is 0.429. The third kappa shape index (κ3) is 6.13. The van der Waals surface area contributed by atoms with Gasteiger partial charge < -0.3 is 25.4 Å². The van der Waals surface area contributed by atoms with Crippen molar-refractivity contribution in [1.29, 1.82) is 0 Å². The number of nitrogens with one attached hydrogen (secondary N) is 3. The molecule has 1 rings (SSSR count). The van der Waals surface area contributed by atoms with Crippen molar-refractivity contribution in [3.63, 3.8) is 0 Å². The molecular formula is C14H21N3O4. The van der Waals surface area contributed by atoms with E-state index in [4.69, 9.17) is 9.47 Å². The van der Waals surface area contributed by atoms with Crippen molar-refractivity contribution in [3.05, 3.63) is 18.2 Å². The molecule has 0 fully saturated rings. The van der Waals surface area contributed by atoms with Crippen LogP contribution in [0.2, 0.25) is 0 Å². The van der Waals surface area contributed by atoms with Crippen LogP contribution < -0.4 is 25.4 Å². The first kappa shape index (κ1) is 16.8. The minimum atomic E-state index is -0.317. The van der Waals surface area contributed by atoms with Crippen LogP contribution in [0.1, 0.15) is 6.42 Å². The standard InChI is InChI=1S/C14H21N3O4/c1-15-5-4-13(18)16-9-14(19)17-10-6-11(20-2)8-12(7-10)21-3/h6-8,15H,4-5,9H2,1-3H3,(H,16,18)(H,17,19). The molecule has 0 atom stereocenters. The molecule has 1 aromatic carbocycles. The van der Waals surface area contributed by atoms with Gasteiger partial charge in [-0.3, -0.25) is 9.59 Å². The second kappa shape index (κ2) is 8.80. The van der Waals surface area contributed by atoms with E-state index >= 15 is 0 Å². The molecule has 0 saturated heterocycles. The van der Waals surface area contributed by atoms with E-state index in [-0.39, 0.29) is 18.4 Å². The summed E-state index contributed by atoms with van der Waals surface area (Å²) in [4.78, 5) is 23.2. The zero-order valence-corrected chi connectivity index (χ0v) is 12.5. The highest BCUT2D eigenvalue weighted by atomic mass is 16.5. The lowest BCUT2D eigenvalue weighted by Gasteiger charge is -2.10. The van der Waals surface area contributed by atoms with E-state index in [2.05, 4.69) is 16.0 Å². The Labute approximate surface area is 124 Å². The van der Waals surface area contributed by atoms with Gasteiger partial charge in [0.2, 0.25) is 11.8 Å². The summed E-state index contributed by atoms with van der Waals surface area (Å²) in [6.45, 7) is 0.489. The van der Waals surface area contributed by atoms with Gasteiger partial charge in [-0.25, -0.2) is 0 Å². The van der Waals surface area contributed by atoms with E-state index in [0.29, 0.717) is 30.2 Å². The molecule has 0 aliphatic carbocycles. The van der Waals surface area contributed by atoms with E-state index < -0.39 is 0 Å². The van der Waals surface area contributed by atoms with Crippen molar-refractivity contribution >= 4 is 17.5 Å². The molecule has 21 heavy (non-hydrogen) atoms. The molecule has 0 heterocycles. The molecule has 0 radical (unpaired) electrons. The Kier molecular flexibility index (Phi) is 7.03. The molecule has 0 bridgehead atoms. The fourth-order valence-electron chi connectivity index (χ4n) is 1.59. The van der Waals surface area contributed by atoms with Crippen molar-refractivity contribution in [2.24, 2.45) is 0 Å². The second-order valence-corrected chi connectivity index (χ2v) is 4.28. The quantitative estimate of drug-likeness (QED) is 0.645. The van der Waals surface area contributed by atoms with Crippen LogP contribution in [0.4, 0.5) is 5.69 Å². The van der Waals surface area contributed by atoms with Crippen molar-refractivity contribution < 1.29 is 19.1 Å². The first-order chi connectivity index (χ1) is 10.1. The summed E-state index contributed by atoms with van der Waals surface area (Å²) in [6, 6.07) is 5.04. The molecule has 0 aliphatic rings. The normalized spacial score (nSPS) is 9.86. The van der Waals surface area contributed by atoms with Crippen molar-refractivity contribution in [3.8, 4) is 11.5 Å². The average Bonchev–Trinajstić information content (AvgIpc) is 2.50. The molecule has 0 spiro atoms. The van der Waals surface area contributed by atoms with E-state index in [1.807, 2.05) is 0 Å². The van der Waals surface area contributed by atoms with Gasteiger partial charge in [0, 0.05) is 36.9 Å². The smallest absolute Gasteiger partial charge is 0.243 e. The third-order valence-electron chi connectivity index (χ3n) is 2.68. The highest BCUT2D eigenvalue weighted by Crippen LogP contribution is 2.25. The maximum Gasteiger partial charge on any atom is 0.243 e. The molecule has 7 nitrogen and oxygen atoms in total. The van der Waals surface area contributed by atoms with Crippen LogP contribution in [-0.4, -0.2) is 46.2 Å². The van der Waals surface area contributed by atoms with Gasteiger partial charge in [0.1, 0.15) is 11.5 Å². The number of methoxy groups -OCH3 is 2. The fourth-order valence-corrected chi connectivity index (χ4v) is 1.59. The van der Waals surface area contributed by atoms with Gasteiger partial charge in [0.05, 0.1) is 20.8 Å². The van der Waals surface area contributed by atoms with Crippen LogP contribution in [0.5, 0.6) is 11.5 Å². The summed E-state index contributed by atoms with van der Waals surface area (Å²) >= 11 is 0. The van der Waals surface area contributed by atoms with Crippen LogP contribution in [0, 0.1) is 0 Å². The number of carbonyl (C=O) groups is 2. The maximum atomic E-state index is 11.8. The lowest BCUT2D eigenvalue weighted by molar-refractivity contribution is -0.124. The van der Waals surface area contributed by atoms with E-state index in [1.165, 1.54) is 14.2 Å². The summed E-state index contributed by atoms with van der Waals surface area (Å²) in [5, 5.41) is 8.08. The number of hydrogen-bond donors (Lipinski definition) is 3. The third-order valence-corrected chi connectivity index (χ3v) is 2.68. The van der Waals surface area contributed by atoms with Crippen LogP contribution in [0.3, 0.4) is 0 Å². The monoisotopic (exact) mass is 295 g/mol. The SMILES string of the molecule is CNCCC(=O)NCC(=O)Nc1cc(OC)cc(OC)c1. The van der Waals surface area contributed by atoms with Gasteiger partial charge in [-0.15, -0.1) is 0 Å². The summed E-state index contributed by atoms with van der Waals surface area (Å²) in [7, 11) is 4.82. The Bertz CT molecular complexity index is 469. The van der Waals surface area contributed by atoms with Crippen LogP contribution in [0.15, 0.2) is 18.2 Å². The molecule has 0 aliphatic heterocycles. The Morgan fingerprint density at radius 2 is 1.67 bits per heavy atom. The Hall–Kier alpha value is -2.28. The Balaban J connectivity index is 2.52. The predicted molar refractivity (Wildman–Crippen MR) is 79.7 cm³/mol. The summed E-state index contributed by atoms with van der Waals surface area (Å²) < 4.78 is 10.2. The first-order valence-electron chi connectivity index (χ1n) is 6.53. The minimum Gasteiger partial charge on any atom is -0.497 e. The number of anilines is 1. The molecule has 0 unspecified atom stereocenters. The molecule has 2 amide bonds. The molecule has 116 valence electrons. The minimum absolute atomic E-state index is 0.0813. The maximum absolute atomic E-state index is 11.8. The summed E-state index contributed by atoms with van der Waals surface area (Å²) in [5.74, 6) is 0.649. The molecule has 1 aromatic rings. The second-order valence-electron chi connectivity index (χ2n) is 4.28. The number of carbonyl (C=O) groups excluding carboxylic acids is 2. The Morgan fingerprint density at radius 1 is 1.05 bits per heavy atom. The van der Waals surface area contributed by atoms with Gasteiger partial charge in [-0.05, 0) is 7.05 Å². The molecule has 7 heteroatoms. The van der Waals surface area contributed by atoms with Crippen molar-refractivity contribution in [1.82, 2.24) is 10.6 Å². The zero-order valence-electron chi connectivity index (χ0n) is 12.5. The molecule has 3 N–H and O–H groups in total. The highest BCUT2D eigenvalue weighted by Gasteiger charge is 2.08. The Morgan fingerprint density at radius 3 is 2.19 bits per heavy atom. The molecule has 0 aromatic heterocycles. The van der Waals surface area contributed by atoms with Crippen molar-refractivity contribution in [2.75, 3.05) is 39.7 Å². The van der Waals surface area contributed by atoms with Gasteiger partial charge >= 0.3 is 0 Å².